The Morgan fingerprint density at radius 3 is 0.333 bits per heavy atom. The van der Waals surface area contributed by atoms with Crippen molar-refractivity contribution >= 4 is 59.1 Å². The molecule has 9 heteroatoms. The average Bonchev–Trinajstić information content (AvgIpc) is 2.33. The van der Waals surface area contributed by atoms with E-state index in [4.69, 9.17) is 31.6 Å². The Hall–Kier alpha value is -0.541. The number of hydrogen-bond acceptors (Lipinski definition) is 6. The van der Waals surface area contributed by atoms with E-state index in [9.17, 15) is 0 Å². The molecule has 0 bridgehead atoms. The summed E-state index contributed by atoms with van der Waals surface area (Å²) in [5.74, 6) is 0. The third-order valence-electron chi connectivity index (χ3n) is 0. The van der Waals surface area contributed by atoms with Gasteiger partial charge >= 0.3 is 59.1 Å². The molecule has 0 fully saturated rings. The summed E-state index contributed by atoms with van der Waals surface area (Å²) in [7, 11) is 0. The van der Waals surface area contributed by atoms with Gasteiger partial charge in [0.15, 0.2) is 0 Å². The maximum atomic E-state index is 6.50. The summed E-state index contributed by atoms with van der Waals surface area (Å²) in [4.78, 5) is 0. The Labute approximate surface area is 145 Å². The van der Waals surface area contributed by atoms with E-state index in [-0.39, 0.29) is 76.2 Å². The summed E-state index contributed by atoms with van der Waals surface area (Å²) in [6.45, 7) is 21.0. The van der Waals surface area contributed by atoms with Gasteiger partial charge in [-0.2, -0.15) is 0 Å². The van der Waals surface area contributed by atoms with Crippen molar-refractivity contribution in [2.75, 3.05) is 0 Å². The zero-order valence-electron chi connectivity index (χ0n) is 6.50. The predicted molar refractivity (Wildman–Crippen MR) is 54.3 cm³/mol. The van der Waals surface area contributed by atoms with Crippen LogP contribution in [0.25, 0.3) is 0 Å². The summed E-state index contributed by atoms with van der Waals surface area (Å²) in [5, 5.41) is 39.0. The first-order valence-electron chi connectivity index (χ1n) is 1.55. The summed E-state index contributed by atoms with van der Waals surface area (Å²) >= 11 is 0. The zero-order chi connectivity index (χ0) is 12.0. The second kappa shape index (κ2) is 7150. The van der Waals surface area contributed by atoms with Crippen LogP contribution in [0.4, 0.5) is 0 Å². The Balaban J connectivity index is -0.00000000396. The van der Waals surface area contributed by atoms with E-state index in [1.165, 1.54) is 0 Å². The number of hydrogen-bond donors (Lipinski definition) is 0. The van der Waals surface area contributed by atoms with E-state index in [0.717, 1.165) is 0 Å². The fourth-order valence-corrected chi connectivity index (χ4v) is 0. The van der Waals surface area contributed by atoms with Crippen molar-refractivity contribution in [3.05, 3.63) is 0 Å². The van der Waals surface area contributed by atoms with Crippen molar-refractivity contribution in [1.29, 1.82) is 31.6 Å². The Morgan fingerprint density at radius 1 is 0.333 bits per heavy atom. The van der Waals surface area contributed by atoms with Crippen LogP contribution in [0.5, 0.6) is 0 Å². The first-order valence-corrected chi connectivity index (χ1v) is 1.55. The van der Waals surface area contributed by atoms with Crippen molar-refractivity contribution in [3.63, 3.8) is 0 Å². The number of nitriles is 6. The molecule has 0 saturated carbocycles. The van der Waals surface area contributed by atoms with Crippen LogP contribution in [0, 0.1) is 71.0 Å². The zero-order valence-corrected chi connectivity index (χ0v) is 7.61. The van der Waals surface area contributed by atoms with Crippen molar-refractivity contribution in [2.24, 2.45) is 0 Å². The fraction of sp³-hybridized carbons (Fsp3) is 0. The van der Waals surface area contributed by atoms with Crippen LogP contribution in [0.2, 0.25) is 0 Å². The third-order valence-corrected chi connectivity index (χ3v) is 0. The van der Waals surface area contributed by atoms with Gasteiger partial charge in [0.25, 0.3) is 0 Å². The van der Waals surface area contributed by atoms with E-state index in [0.29, 0.717) is 0 Å². The quantitative estimate of drug-likeness (QED) is 0.542. The molecule has 0 saturated heterocycles. The van der Waals surface area contributed by atoms with E-state index in [1.807, 2.05) is 0 Å². The Bertz CT molecular complexity index is 101. The Morgan fingerprint density at radius 2 is 0.333 bits per heavy atom. The van der Waals surface area contributed by atoms with Crippen LogP contribution in [0.15, 0.2) is 0 Å². The topological polar surface area (TPSA) is 143 Å². The minimum atomic E-state index is 0. The minimum absolute atomic E-state index is 0. The molecule has 0 radical (unpaired) electrons. The van der Waals surface area contributed by atoms with Crippen molar-refractivity contribution in [2.45, 2.75) is 0 Å². The molecule has 0 aliphatic heterocycles. The van der Waals surface area contributed by atoms with Gasteiger partial charge in [-0.1, -0.05) is 0 Å². The van der Waals surface area contributed by atoms with Crippen LogP contribution in [0.3, 0.4) is 0 Å². The number of rotatable bonds is 0. The normalized spacial score (nSPS) is 0.800. The predicted octanol–water partition coefficient (Wildman–Crippen LogP) is -0.461. The first kappa shape index (κ1) is 87.9. The fourth-order valence-electron chi connectivity index (χ4n) is 0. The Kier molecular flexibility index (Phi) is 41900. The SMILES string of the molecule is C#N.C#N.C#N.C#N.C#N.C#N.[Fe].[NaH].[NaH]. The molecular formula is C6H8FeN6Na2. The van der Waals surface area contributed by atoms with E-state index in [2.05, 4.69) is 39.4 Å². The van der Waals surface area contributed by atoms with Gasteiger partial charge < -0.3 is 0 Å². The molecule has 0 N–H and O–H groups in total. The molecule has 0 aromatic heterocycles. The van der Waals surface area contributed by atoms with Crippen LogP contribution >= 0.6 is 0 Å². The molecule has 72 valence electrons. The van der Waals surface area contributed by atoms with Gasteiger partial charge in [0.05, 0.1) is 0 Å². The van der Waals surface area contributed by atoms with E-state index < -0.39 is 0 Å². The first-order chi connectivity index (χ1) is 6.00. The van der Waals surface area contributed by atoms with Gasteiger partial charge in [0.1, 0.15) is 0 Å². The molecule has 0 rings (SSSR count). The summed E-state index contributed by atoms with van der Waals surface area (Å²) < 4.78 is 0. The van der Waals surface area contributed by atoms with Crippen molar-refractivity contribution in [3.8, 4) is 39.4 Å². The molecule has 0 atom stereocenters. The van der Waals surface area contributed by atoms with Gasteiger partial charge in [-0.05, 0) is 0 Å². The molecule has 0 amide bonds. The average molecular weight is 266 g/mol. The molecule has 0 unspecified atom stereocenters. The van der Waals surface area contributed by atoms with Crippen LogP contribution in [0.1, 0.15) is 0 Å². The second-order valence-corrected chi connectivity index (χ2v) is 0. The molecule has 6 nitrogen and oxygen atoms in total. The molecule has 0 aliphatic rings. The molecule has 0 heterocycles. The second-order valence-electron chi connectivity index (χ2n) is 0. The summed E-state index contributed by atoms with van der Waals surface area (Å²) in [5.41, 5.74) is 0. The van der Waals surface area contributed by atoms with E-state index >= 15 is 0 Å². The van der Waals surface area contributed by atoms with E-state index in [1.54, 1.807) is 0 Å². The molecule has 0 aromatic rings. The summed E-state index contributed by atoms with van der Waals surface area (Å²) in [6.07, 6.45) is 0. The van der Waals surface area contributed by atoms with Crippen LogP contribution in [-0.4, -0.2) is 59.1 Å². The monoisotopic (exact) mass is 266 g/mol. The van der Waals surface area contributed by atoms with Gasteiger partial charge in [-0.3, -0.25) is 0 Å². The molecule has 0 aromatic carbocycles. The molecule has 15 heavy (non-hydrogen) atoms. The van der Waals surface area contributed by atoms with Gasteiger partial charge in [0.2, 0.25) is 0 Å². The maximum absolute atomic E-state index is 6.50. The van der Waals surface area contributed by atoms with Crippen LogP contribution in [-0.2, 0) is 17.1 Å². The van der Waals surface area contributed by atoms with Crippen molar-refractivity contribution < 1.29 is 17.1 Å². The molecule has 0 aliphatic carbocycles. The summed E-state index contributed by atoms with van der Waals surface area (Å²) in [6, 6.07) is 0. The van der Waals surface area contributed by atoms with Gasteiger partial charge in [0, 0.05) is 56.5 Å². The van der Waals surface area contributed by atoms with Gasteiger partial charge in [-0.15, -0.1) is 0 Å². The van der Waals surface area contributed by atoms with Gasteiger partial charge in [-0.25, -0.2) is 31.6 Å². The molecule has 0 spiro atoms. The van der Waals surface area contributed by atoms with Crippen LogP contribution < -0.4 is 0 Å². The number of nitrogens with zero attached hydrogens (tertiary/aromatic N) is 6. The van der Waals surface area contributed by atoms with Crippen molar-refractivity contribution in [1.82, 2.24) is 0 Å². The molecular weight excluding hydrogens is 258 g/mol. The standard InChI is InChI=1S/6CHN.Fe.2Na.2H/c6*1-2;;;;;/h6*1H;;;;;. The third kappa shape index (κ3) is 6050.